The molecule has 7 heteroatoms. The topological polar surface area (TPSA) is 83.9 Å². The predicted molar refractivity (Wildman–Crippen MR) is 149 cm³/mol. The van der Waals surface area contributed by atoms with Gasteiger partial charge in [0.05, 0.1) is 6.61 Å². The molecule has 3 rings (SSSR count). The average molecular weight is 538 g/mol. The van der Waals surface area contributed by atoms with Crippen LogP contribution in [0, 0.1) is 34.5 Å². The Bertz CT molecular complexity index is 966. The van der Waals surface area contributed by atoms with Crippen LogP contribution in [0.1, 0.15) is 106 Å². The molecule has 0 aromatic carbocycles. The summed E-state index contributed by atoms with van der Waals surface area (Å²) in [5.41, 5.74) is 2.91. The SMILES string of the molecule is CC(C)CCN1CC=C(CCC[C@H](CC[C@@]2(C)C3=CCCC(C)(C)[C@@H]3CC[C@H]2C)COS(=O)(=O)O)C1=O. The second-order valence-corrected chi connectivity index (χ2v) is 14.4. The molecule has 1 heterocycles. The molecule has 0 aromatic heterocycles. The molecule has 1 amide bonds. The zero-order valence-corrected chi connectivity index (χ0v) is 24.9. The van der Waals surface area contributed by atoms with Crippen LogP contribution >= 0.6 is 0 Å². The zero-order chi connectivity index (χ0) is 27.4. The number of hydrogen-bond donors (Lipinski definition) is 1. The van der Waals surface area contributed by atoms with Crippen molar-refractivity contribution in [3.63, 3.8) is 0 Å². The van der Waals surface area contributed by atoms with E-state index in [0.717, 1.165) is 50.6 Å². The first-order chi connectivity index (χ1) is 17.2. The molecule has 212 valence electrons. The minimum atomic E-state index is -4.48. The Morgan fingerprint density at radius 2 is 1.86 bits per heavy atom. The van der Waals surface area contributed by atoms with Gasteiger partial charge in [-0.3, -0.25) is 9.35 Å². The monoisotopic (exact) mass is 537 g/mol. The van der Waals surface area contributed by atoms with Crippen LogP contribution in [0.25, 0.3) is 0 Å². The van der Waals surface area contributed by atoms with Crippen molar-refractivity contribution in [1.29, 1.82) is 0 Å². The lowest BCUT2D eigenvalue weighted by molar-refractivity contribution is -0.125. The summed E-state index contributed by atoms with van der Waals surface area (Å²) >= 11 is 0. The molecule has 1 N–H and O–H groups in total. The molecule has 4 atom stereocenters. The van der Waals surface area contributed by atoms with Crippen molar-refractivity contribution >= 4 is 16.3 Å². The summed E-state index contributed by atoms with van der Waals surface area (Å²) in [6.45, 7) is 15.4. The zero-order valence-electron chi connectivity index (χ0n) is 24.1. The smallest absolute Gasteiger partial charge is 0.335 e. The number of rotatable bonds is 13. The van der Waals surface area contributed by atoms with E-state index in [0.29, 0.717) is 36.1 Å². The summed E-state index contributed by atoms with van der Waals surface area (Å²) in [6, 6.07) is 0. The third kappa shape index (κ3) is 7.92. The van der Waals surface area contributed by atoms with Crippen LogP contribution in [0.15, 0.2) is 23.3 Å². The Hall–Kier alpha value is -1.18. The molecule has 1 aliphatic heterocycles. The highest BCUT2D eigenvalue weighted by molar-refractivity contribution is 7.80. The molecule has 0 saturated heterocycles. The highest BCUT2D eigenvalue weighted by atomic mass is 32.3. The van der Waals surface area contributed by atoms with Crippen LogP contribution < -0.4 is 0 Å². The van der Waals surface area contributed by atoms with E-state index in [-0.39, 0.29) is 23.8 Å². The van der Waals surface area contributed by atoms with Gasteiger partial charge in [0, 0.05) is 18.7 Å². The molecule has 3 aliphatic rings. The van der Waals surface area contributed by atoms with E-state index in [1.54, 1.807) is 5.57 Å². The number of fused-ring (bicyclic) bond motifs is 1. The fourth-order valence-electron chi connectivity index (χ4n) is 6.91. The standard InChI is InChI=1S/C30H51NO5S/c1-22(2)15-19-31-20-16-25(28(31)32)10-7-9-24(21-36-37(33,34)35)14-18-30(6)23(3)12-13-26-27(30)11-8-17-29(26,4)5/h11,16,22-24,26H,7-10,12-15,17-21H2,1-6H3,(H,33,34,35)/t23-,24-,26-,30-/m1/s1. The average Bonchev–Trinajstić information content (AvgIpc) is 3.15. The maximum absolute atomic E-state index is 12.8. The summed E-state index contributed by atoms with van der Waals surface area (Å²) in [6.07, 6.45) is 14.5. The molecule has 0 unspecified atom stereocenters. The first-order valence-electron chi connectivity index (χ1n) is 14.5. The molecule has 1 saturated carbocycles. The third-order valence-electron chi connectivity index (χ3n) is 9.79. The minimum absolute atomic E-state index is 0.00916. The van der Waals surface area contributed by atoms with Gasteiger partial charge in [-0.2, -0.15) is 8.42 Å². The van der Waals surface area contributed by atoms with Crippen molar-refractivity contribution in [1.82, 2.24) is 4.90 Å². The molecular formula is C30H51NO5S. The number of carbonyl (C=O) groups excluding carboxylic acids is 1. The highest BCUT2D eigenvalue weighted by Gasteiger charge is 2.47. The van der Waals surface area contributed by atoms with Gasteiger partial charge in [-0.15, -0.1) is 0 Å². The maximum Gasteiger partial charge on any atom is 0.397 e. The van der Waals surface area contributed by atoms with E-state index in [1.807, 2.05) is 4.90 Å². The van der Waals surface area contributed by atoms with Crippen LogP contribution in [0.5, 0.6) is 0 Å². The highest BCUT2D eigenvalue weighted by Crippen LogP contribution is 2.58. The molecule has 0 spiro atoms. The maximum atomic E-state index is 12.8. The predicted octanol–water partition coefficient (Wildman–Crippen LogP) is 6.99. The largest absolute Gasteiger partial charge is 0.397 e. The van der Waals surface area contributed by atoms with E-state index >= 15 is 0 Å². The minimum Gasteiger partial charge on any atom is -0.335 e. The third-order valence-corrected chi connectivity index (χ3v) is 10.2. The normalized spacial score (nSPS) is 28.8. The first-order valence-corrected chi connectivity index (χ1v) is 15.9. The molecule has 6 nitrogen and oxygen atoms in total. The van der Waals surface area contributed by atoms with E-state index in [9.17, 15) is 17.8 Å². The molecule has 0 aromatic rings. The van der Waals surface area contributed by atoms with E-state index in [1.165, 1.54) is 19.3 Å². The van der Waals surface area contributed by atoms with Crippen LogP contribution in [-0.2, 0) is 19.4 Å². The number of allylic oxidation sites excluding steroid dienone is 2. The Morgan fingerprint density at radius 1 is 1.14 bits per heavy atom. The fourth-order valence-corrected chi connectivity index (χ4v) is 7.28. The Labute approximate surface area is 226 Å². The van der Waals surface area contributed by atoms with E-state index < -0.39 is 10.4 Å². The lowest BCUT2D eigenvalue weighted by Gasteiger charge is -2.53. The number of amides is 1. The van der Waals surface area contributed by atoms with Gasteiger partial charge in [-0.1, -0.05) is 59.3 Å². The van der Waals surface area contributed by atoms with Crippen molar-refractivity contribution in [2.45, 2.75) is 106 Å². The molecule has 37 heavy (non-hydrogen) atoms. The first kappa shape index (κ1) is 30.4. The summed E-state index contributed by atoms with van der Waals surface area (Å²) in [7, 11) is -4.48. The second kappa shape index (κ2) is 12.3. The van der Waals surface area contributed by atoms with Gasteiger partial charge in [-0.05, 0) is 98.7 Å². The second-order valence-electron chi connectivity index (χ2n) is 13.3. The van der Waals surface area contributed by atoms with E-state index in [4.69, 9.17) is 4.18 Å². The van der Waals surface area contributed by atoms with Gasteiger partial charge in [0.1, 0.15) is 0 Å². The Morgan fingerprint density at radius 3 is 2.54 bits per heavy atom. The van der Waals surface area contributed by atoms with Crippen molar-refractivity contribution in [3.05, 3.63) is 23.3 Å². The van der Waals surface area contributed by atoms with Gasteiger partial charge in [0.2, 0.25) is 5.91 Å². The molecule has 0 bridgehead atoms. The van der Waals surface area contributed by atoms with Crippen molar-refractivity contribution < 1.29 is 21.9 Å². The Balaban J connectivity index is 1.61. The molecule has 2 aliphatic carbocycles. The molecular weight excluding hydrogens is 486 g/mol. The number of nitrogens with zero attached hydrogens (tertiary/aromatic N) is 1. The van der Waals surface area contributed by atoms with Gasteiger partial charge >= 0.3 is 10.4 Å². The number of hydrogen-bond acceptors (Lipinski definition) is 4. The van der Waals surface area contributed by atoms with Gasteiger partial charge in [-0.25, -0.2) is 4.18 Å². The lowest BCUT2D eigenvalue weighted by atomic mass is 9.52. The lowest BCUT2D eigenvalue weighted by Crippen LogP contribution is -2.43. The van der Waals surface area contributed by atoms with Crippen molar-refractivity contribution in [2.24, 2.45) is 34.5 Å². The van der Waals surface area contributed by atoms with Gasteiger partial charge < -0.3 is 4.90 Å². The quantitative estimate of drug-likeness (QED) is 0.202. The van der Waals surface area contributed by atoms with Crippen LogP contribution in [0.2, 0.25) is 0 Å². The van der Waals surface area contributed by atoms with Crippen LogP contribution in [0.4, 0.5) is 0 Å². The molecule has 0 radical (unpaired) electrons. The summed E-state index contributed by atoms with van der Waals surface area (Å²) < 4.78 is 36.8. The van der Waals surface area contributed by atoms with Crippen molar-refractivity contribution in [2.75, 3.05) is 19.7 Å². The van der Waals surface area contributed by atoms with E-state index in [2.05, 4.69) is 53.7 Å². The molecule has 1 fully saturated rings. The number of carbonyl (C=O) groups is 1. The summed E-state index contributed by atoms with van der Waals surface area (Å²) in [5.74, 6) is 1.92. The van der Waals surface area contributed by atoms with Gasteiger partial charge in [0.25, 0.3) is 0 Å². The van der Waals surface area contributed by atoms with Gasteiger partial charge in [0.15, 0.2) is 0 Å². The fraction of sp³-hybridized carbons (Fsp3) is 0.833. The summed E-state index contributed by atoms with van der Waals surface area (Å²) in [5, 5.41) is 0. The van der Waals surface area contributed by atoms with Crippen molar-refractivity contribution in [3.8, 4) is 0 Å². The van der Waals surface area contributed by atoms with Crippen LogP contribution in [-0.4, -0.2) is 43.5 Å². The van der Waals surface area contributed by atoms with Crippen LogP contribution in [0.3, 0.4) is 0 Å². The Kier molecular flexibility index (Phi) is 10.1. The summed E-state index contributed by atoms with van der Waals surface area (Å²) in [4.78, 5) is 14.7.